The first-order valence-corrected chi connectivity index (χ1v) is 8.19. The van der Waals surface area contributed by atoms with Gasteiger partial charge in [-0.15, -0.1) is 0 Å². The van der Waals surface area contributed by atoms with Crippen LogP contribution in [0.3, 0.4) is 0 Å². The van der Waals surface area contributed by atoms with Crippen molar-refractivity contribution >= 4 is 11.8 Å². The van der Waals surface area contributed by atoms with E-state index in [4.69, 9.17) is 4.74 Å². The lowest BCUT2D eigenvalue weighted by molar-refractivity contribution is 0.332. The summed E-state index contributed by atoms with van der Waals surface area (Å²) in [7, 11) is 0. The molecule has 2 N–H and O–H groups in total. The van der Waals surface area contributed by atoms with Gasteiger partial charge in [-0.3, -0.25) is 4.98 Å². The van der Waals surface area contributed by atoms with Crippen molar-refractivity contribution in [3.8, 4) is 5.75 Å². The summed E-state index contributed by atoms with van der Waals surface area (Å²) in [6, 6.07) is 13.7. The molecule has 25 heavy (non-hydrogen) atoms. The average Bonchev–Trinajstić information content (AvgIpc) is 2.67. The number of ether oxygens (including phenoxy) is 1. The van der Waals surface area contributed by atoms with E-state index in [0.29, 0.717) is 25.6 Å². The Bertz CT molecular complexity index is 780. The molecule has 0 radical (unpaired) electrons. The number of hydrogen-bond donors (Lipinski definition) is 2. The summed E-state index contributed by atoms with van der Waals surface area (Å²) < 4.78 is 5.67. The molecule has 0 unspecified atom stereocenters. The van der Waals surface area contributed by atoms with E-state index in [0.717, 1.165) is 22.7 Å². The van der Waals surface area contributed by atoms with Crippen LogP contribution in [0.25, 0.3) is 0 Å². The molecule has 3 aromatic rings. The van der Waals surface area contributed by atoms with Crippen molar-refractivity contribution in [1.29, 1.82) is 0 Å². The predicted octanol–water partition coefficient (Wildman–Crippen LogP) is 3.28. The molecule has 0 bridgehead atoms. The van der Waals surface area contributed by atoms with Crippen LogP contribution in [0.5, 0.6) is 5.75 Å². The minimum atomic E-state index is 0.561. The predicted molar refractivity (Wildman–Crippen MR) is 98.8 cm³/mol. The highest BCUT2D eigenvalue weighted by Crippen LogP contribution is 2.13. The van der Waals surface area contributed by atoms with Gasteiger partial charge in [-0.05, 0) is 30.7 Å². The number of hydrogen-bond acceptors (Lipinski definition) is 6. The van der Waals surface area contributed by atoms with Crippen LogP contribution in [0.4, 0.5) is 11.8 Å². The molecule has 0 saturated heterocycles. The molecule has 128 valence electrons. The van der Waals surface area contributed by atoms with Gasteiger partial charge in [-0.2, -0.15) is 4.98 Å². The van der Waals surface area contributed by atoms with Gasteiger partial charge in [0.2, 0.25) is 5.95 Å². The van der Waals surface area contributed by atoms with Crippen LogP contribution in [0, 0.1) is 6.92 Å². The smallest absolute Gasteiger partial charge is 0.224 e. The fourth-order valence-electron chi connectivity index (χ4n) is 2.25. The number of benzene rings is 1. The standard InChI is InChI=1S/C19H21N5O/c1-15-12-22-19(23-14-16-6-5-9-20-13-16)24-18(15)21-10-11-25-17-7-3-2-4-8-17/h2-9,12-13H,10-11,14H2,1H3,(H2,21,22,23,24). The number of para-hydroxylation sites is 1. The summed E-state index contributed by atoms with van der Waals surface area (Å²) in [4.78, 5) is 12.9. The molecule has 0 amide bonds. The first-order valence-electron chi connectivity index (χ1n) is 8.19. The highest BCUT2D eigenvalue weighted by molar-refractivity contribution is 5.46. The van der Waals surface area contributed by atoms with E-state index in [2.05, 4.69) is 25.6 Å². The molecule has 1 aromatic carbocycles. The van der Waals surface area contributed by atoms with Crippen molar-refractivity contribution in [3.05, 3.63) is 72.2 Å². The van der Waals surface area contributed by atoms with E-state index < -0.39 is 0 Å². The molecule has 0 fully saturated rings. The van der Waals surface area contributed by atoms with Crippen molar-refractivity contribution < 1.29 is 4.74 Å². The van der Waals surface area contributed by atoms with Crippen LogP contribution >= 0.6 is 0 Å². The van der Waals surface area contributed by atoms with Gasteiger partial charge in [0.05, 0.1) is 6.54 Å². The van der Waals surface area contributed by atoms with Gasteiger partial charge in [0.25, 0.3) is 0 Å². The maximum absolute atomic E-state index is 5.67. The highest BCUT2D eigenvalue weighted by atomic mass is 16.5. The molecule has 2 aromatic heterocycles. The molecular formula is C19H21N5O. The topological polar surface area (TPSA) is 72.0 Å². The highest BCUT2D eigenvalue weighted by Gasteiger charge is 2.04. The lowest BCUT2D eigenvalue weighted by Gasteiger charge is -2.11. The Kier molecular flexibility index (Phi) is 5.77. The van der Waals surface area contributed by atoms with Crippen molar-refractivity contribution in [2.24, 2.45) is 0 Å². The number of rotatable bonds is 8. The first kappa shape index (κ1) is 16.7. The summed E-state index contributed by atoms with van der Waals surface area (Å²) in [5, 5.41) is 6.50. The van der Waals surface area contributed by atoms with E-state index >= 15 is 0 Å². The Hall–Kier alpha value is -3.15. The van der Waals surface area contributed by atoms with Gasteiger partial charge in [0.1, 0.15) is 18.2 Å². The Morgan fingerprint density at radius 3 is 2.68 bits per heavy atom. The van der Waals surface area contributed by atoms with Crippen LogP contribution in [0.2, 0.25) is 0 Å². The van der Waals surface area contributed by atoms with Gasteiger partial charge >= 0.3 is 0 Å². The minimum Gasteiger partial charge on any atom is -0.492 e. The van der Waals surface area contributed by atoms with Crippen molar-refractivity contribution in [2.75, 3.05) is 23.8 Å². The van der Waals surface area contributed by atoms with E-state index in [9.17, 15) is 0 Å². The van der Waals surface area contributed by atoms with Crippen molar-refractivity contribution in [2.45, 2.75) is 13.5 Å². The quantitative estimate of drug-likeness (QED) is 0.616. The van der Waals surface area contributed by atoms with E-state index in [1.807, 2.05) is 55.6 Å². The molecule has 0 spiro atoms. The Labute approximate surface area is 147 Å². The van der Waals surface area contributed by atoms with Crippen LogP contribution < -0.4 is 15.4 Å². The second-order valence-corrected chi connectivity index (χ2v) is 5.53. The average molecular weight is 335 g/mol. The molecule has 0 aliphatic carbocycles. The molecule has 2 heterocycles. The third kappa shape index (κ3) is 5.17. The van der Waals surface area contributed by atoms with E-state index in [1.165, 1.54) is 0 Å². The third-order valence-electron chi connectivity index (χ3n) is 3.55. The van der Waals surface area contributed by atoms with Crippen LogP contribution in [0.1, 0.15) is 11.1 Å². The van der Waals surface area contributed by atoms with Crippen LogP contribution in [-0.2, 0) is 6.54 Å². The molecule has 0 saturated carbocycles. The fraction of sp³-hybridized carbons (Fsp3) is 0.211. The van der Waals surface area contributed by atoms with Gasteiger partial charge in [0.15, 0.2) is 0 Å². The van der Waals surface area contributed by atoms with Crippen LogP contribution in [0.15, 0.2) is 61.1 Å². The molecule has 0 atom stereocenters. The summed E-state index contributed by atoms with van der Waals surface area (Å²) in [6.45, 7) is 3.83. The van der Waals surface area contributed by atoms with Crippen molar-refractivity contribution in [3.63, 3.8) is 0 Å². The SMILES string of the molecule is Cc1cnc(NCc2cccnc2)nc1NCCOc1ccccc1. The number of aryl methyl sites for hydroxylation is 1. The first-order chi connectivity index (χ1) is 12.3. The molecule has 3 rings (SSSR count). The second-order valence-electron chi connectivity index (χ2n) is 5.53. The molecule has 6 heteroatoms. The van der Waals surface area contributed by atoms with E-state index in [1.54, 1.807) is 12.4 Å². The summed E-state index contributed by atoms with van der Waals surface area (Å²) >= 11 is 0. The number of aromatic nitrogens is 3. The number of anilines is 2. The second kappa shape index (κ2) is 8.63. The van der Waals surface area contributed by atoms with Gasteiger partial charge in [-0.1, -0.05) is 24.3 Å². The monoisotopic (exact) mass is 335 g/mol. The van der Waals surface area contributed by atoms with Crippen molar-refractivity contribution in [1.82, 2.24) is 15.0 Å². The Balaban J connectivity index is 1.50. The number of pyridine rings is 1. The molecule has 0 aliphatic heterocycles. The maximum atomic E-state index is 5.67. The lowest BCUT2D eigenvalue weighted by Crippen LogP contribution is -2.14. The molecular weight excluding hydrogens is 314 g/mol. The normalized spacial score (nSPS) is 10.3. The third-order valence-corrected chi connectivity index (χ3v) is 3.55. The minimum absolute atomic E-state index is 0.561. The number of nitrogens with zero attached hydrogens (tertiary/aromatic N) is 3. The zero-order valence-corrected chi connectivity index (χ0v) is 14.1. The zero-order chi connectivity index (χ0) is 17.3. The number of nitrogens with one attached hydrogen (secondary N) is 2. The Morgan fingerprint density at radius 1 is 1.00 bits per heavy atom. The lowest BCUT2D eigenvalue weighted by atomic mass is 10.3. The van der Waals surface area contributed by atoms with E-state index in [-0.39, 0.29) is 0 Å². The van der Waals surface area contributed by atoms with Gasteiger partial charge < -0.3 is 15.4 Å². The summed E-state index contributed by atoms with van der Waals surface area (Å²) in [6.07, 6.45) is 5.38. The fourth-order valence-corrected chi connectivity index (χ4v) is 2.25. The molecule has 6 nitrogen and oxygen atoms in total. The van der Waals surface area contributed by atoms with Gasteiger partial charge in [0, 0.05) is 30.7 Å². The Morgan fingerprint density at radius 2 is 1.88 bits per heavy atom. The zero-order valence-electron chi connectivity index (χ0n) is 14.1. The van der Waals surface area contributed by atoms with Crippen LogP contribution in [-0.4, -0.2) is 28.1 Å². The maximum Gasteiger partial charge on any atom is 0.224 e. The molecule has 0 aliphatic rings. The van der Waals surface area contributed by atoms with Gasteiger partial charge in [-0.25, -0.2) is 4.98 Å². The summed E-state index contributed by atoms with van der Waals surface area (Å²) in [5.41, 5.74) is 2.07. The summed E-state index contributed by atoms with van der Waals surface area (Å²) in [5.74, 6) is 2.25. The largest absolute Gasteiger partial charge is 0.492 e.